The van der Waals surface area contributed by atoms with Crippen LogP contribution in [0.3, 0.4) is 0 Å². The number of benzene rings is 1. The molecule has 1 unspecified atom stereocenters. The number of imidazole rings is 1. The van der Waals surface area contributed by atoms with Crippen LogP contribution < -0.4 is 0 Å². The van der Waals surface area contributed by atoms with Gasteiger partial charge < -0.3 is 4.98 Å². The maximum absolute atomic E-state index is 7.76. The Labute approximate surface area is 94.6 Å². The van der Waals surface area contributed by atoms with E-state index in [1.165, 1.54) is 6.33 Å². The minimum Gasteiger partial charge on any atom is -0.348 e. The zero-order chi connectivity index (χ0) is 13.3. The molecule has 0 bridgehead atoms. The van der Waals surface area contributed by atoms with Crippen molar-refractivity contribution in [3.63, 3.8) is 0 Å². The Morgan fingerprint density at radius 2 is 2.27 bits per heavy atom. The molecule has 1 aromatic heterocycles. The molecule has 1 atom stereocenters. The minimum absolute atomic E-state index is 0.628. The average molecular weight is 203 g/mol. The number of nitrogens with zero attached hydrogens (tertiary/aromatic N) is 1. The van der Waals surface area contributed by atoms with Gasteiger partial charge in [0.2, 0.25) is 0 Å². The Morgan fingerprint density at radius 1 is 1.40 bits per heavy atom. The lowest BCUT2D eigenvalue weighted by Gasteiger charge is -2.14. The summed E-state index contributed by atoms with van der Waals surface area (Å²) in [6, 6.07) is 5.76. The molecule has 1 aromatic carbocycles. The molecule has 0 amide bonds. The predicted octanol–water partition coefficient (Wildman–Crippen LogP) is 3.18. The molecule has 0 radical (unpaired) electrons. The van der Waals surface area contributed by atoms with E-state index in [-0.39, 0.29) is 0 Å². The lowest BCUT2D eigenvalue weighted by atomic mass is 9.92. The molecule has 0 spiro atoms. The molecular weight excluding hydrogens is 184 g/mol. The van der Waals surface area contributed by atoms with Crippen molar-refractivity contribution in [2.75, 3.05) is 0 Å². The van der Waals surface area contributed by atoms with Crippen LogP contribution >= 0.6 is 0 Å². The van der Waals surface area contributed by atoms with Crippen molar-refractivity contribution in [1.82, 2.24) is 9.97 Å². The molecule has 15 heavy (non-hydrogen) atoms. The number of hydrogen-bond donors (Lipinski definition) is 1. The second-order valence-electron chi connectivity index (χ2n) is 3.73. The van der Waals surface area contributed by atoms with Crippen molar-refractivity contribution in [2.24, 2.45) is 0 Å². The molecule has 0 aliphatic rings. The van der Waals surface area contributed by atoms with E-state index in [4.69, 9.17) is 4.11 Å². The maximum Gasteiger partial charge on any atom is 0.0921 e. The fourth-order valence-corrected chi connectivity index (χ4v) is 1.68. The number of aromatic amines is 1. The van der Waals surface area contributed by atoms with Gasteiger partial charge in [0.1, 0.15) is 0 Å². The van der Waals surface area contributed by atoms with E-state index in [1.807, 2.05) is 32.0 Å². The van der Waals surface area contributed by atoms with Gasteiger partial charge in [0, 0.05) is 21.9 Å². The average Bonchev–Trinajstić information content (AvgIpc) is 2.76. The van der Waals surface area contributed by atoms with Crippen LogP contribution in [0.15, 0.2) is 30.7 Å². The molecule has 0 aliphatic carbocycles. The molecule has 0 saturated carbocycles. The Kier molecular flexibility index (Phi) is 1.77. The number of rotatable bonds is 2. The van der Waals surface area contributed by atoms with Gasteiger partial charge >= 0.3 is 0 Å². The minimum atomic E-state index is -2.09. The van der Waals surface area contributed by atoms with Gasteiger partial charge in [-0.1, -0.05) is 25.1 Å². The summed E-state index contributed by atoms with van der Waals surface area (Å²) in [5.41, 5.74) is 3.58. The predicted molar refractivity (Wildman–Crippen MR) is 62.0 cm³/mol. The highest BCUT2D eigenvalue weighted by molar-refractivity contribution is 5.38. The summed E-state index contributed by atoms with van der Waals surface area (Å²) in [7, 11) is 0. The van der Waals surface area contributed by atoms with Crippen LogP contribution in [-0.2, 0) is 0 Å². The first-order valence-corrected chi connectivity index (χ1v) is 4.95. The highest BCUT2D eigenvalue weighted by Crippen LogP contribution is 2.26. The van der Waals surface area contributed by atoms with Gasteiger partial charge in [-0.15, -0.1) is 0 Å². The topological polar surface area (TPSA) is 28.7 Å². The Hall–Kier alpha value is -1.57. The Bertz CT molecular complexity index is 530. The first-order valence-electron chi connectivity index (χ1n) is 6.45. The number of hydrogen-bond acceptors (Lipinski definition) is 1. The van der Waals surface area contributed by atoms with Crippen molar-refractivity contribution in [1.29, 1.82) is 0 Å². The van der Waals surface area contributed by atoms with Crippen molar-refractivity contribution in [3.05, 3.63) is 53.1 Å². The van der Waals surface area contributed by atoms with E-state index < -0.39 is 12.8 Å². The molecule has 2 aromatic rings. The number of aryl methyl sites for hydroxylation is 1. The second-order valence-corrected chi connectivity index (χ2v) is 3.73. The largest absolute Gasteiger partial charge is 0.348 e. The third-order valence-electron chi connectivity index (χ3n) is 2.79. The monoisotopic (exact) mass is 203 g/mol. The summed E-state index contributed by atoms with van der Waals surface area (Å²) in [6.07, 6.45) is 3.10. The van der Waals surface area contributed by atoms with Gasteiger partial charge in [0.05, 0.1) is 6.33 Å². The quantitative estimate of drug-likeness (QED) is 0.798. The van der Waals surface area contributed by atoms with E-state index in [9.17, 15) is 0 Å². The summed E-state index contributed by atoms with van der Waals surface area (Å²) in [5, 5.41) is 0. The fraction of sp³-hybridized carbons (Fsp3) is 0.308. The molecule has 1 N–H and O–H groups in total. The third-order valence-corrected chi connectivity index (χ3v) is 2.79. The first-order chi connectivity index (χ1) is 8.41. The number of nitrogens with one attached hydrogen (secondary N) is 1. The van der Waals surface area contributed by atoms with Crippen molar-refractivity contribution < 1.29 is 4.11 Å². The molecular formula is C13H16N2. The summed E-state index contributed by atoms with van der Waals surface area (Å²) in [6.45, 7) is 1.85. The van der Waals surface area contributed by atoms with Crippen molar-refractivity contribution in [3.8, 4) is 0 Å². The van der Waals surface area contributed by atoms with Gasteiger partial charge in [-0.3, -0.25) is 0 Å². The highest BCUT2D eigenvalue weighted by Gasteiger charge is 2.12. The van der Waals surface area contributed by atoms with Crippen LogP contribution in [0.1, 0.15) is 39.3 Å². The number of aromatic nitrogens is 2. The smallest absolute Gasteiger partial charge is 0.0921 e. The van der Waals surface area contributed by atoms with Crippen LogP contribution in [-0.4, -0.2) is 9.97 Å². The van der Waals surface area contributed by atoms with Gasteiger partial charge in [-0.2, -0.15) is 0 Å². The summed E-state index contributed by atoms with van der Waals surface area (Å²) in [5.74, 6) is -0.653. The molecule has 0 aliphatic heterocycles. The van der Waals surface area contributed by atoms with Crippen LogP contribution in [0.25, 0.3) is 0 Å². The molecule has 1 heterocycles. The second kappa shape index (κ2) is 3.89. The third kappa shape index (κ3) is 1.80. The molecule has 0 fully saturated rings. The number of H-pyrrole nitrogens is 1. The van der Waals surface area contributed by atoms with E-state index in [2.05, 4.69) is 9.97 Å². The Morgan fingerprint density at radius 3 is 2.93 bits per heavy atom. The van der Waals surface area contributed by atoms with Crippen molar-refractivity contribution >= 4 is 0 Å². The normalized spacial score (nSPS) is 16.5. The summed E-state index contributed by atoms with van der Waals surface area (Å²) in [4.78, 5) is 6.85. The zero-order valence-electron chi connectivity index (χ0n) is 11.9. The summed E-state index contributed by atoms with van der Waals surface area (Å²) >= 11 is 0. The SMILES string of the molecule is [2H]C([2H])([2H])C(c1cnc[nH]1)c1cccc(C)c1C. The van der Waals surface area contributed by atoms with Crippen LogP contribution in [0.4, 0.5) is 0 Å². The highest BCUT2D eigenvalue weighted by atomic mass is 14.9. The van der Waals surface area contributed by atoms with Crippen LogP contribution in [0, 0.1) is 13.8 Å². The van der Waals surface area contributed by atoms with E-state index in [0.717, 1.165) is 16.7 Å². The fourth-order valence-electron chi connectivity index (χ4n) is 1.68. The van der Waals surface area contributed by atoms with Gasteiger partial charge in [-0.05, 0) is 30.5 Å². The lowest BCUT2D eigenvalue weighted by Crippen LogP contribution is -2.00. The standard InChI is InChI=1S/C13H16N2/c1-9-5-4-6-12(10(9)2)11(3)13-7-14-8-15-13/h4-8,11H,1-3H3,(H,14,15)/i3D3. The van der Waals surface area contributed by atoms with Gasteiger partial charge in [-0.25, -0.2) is 4.98 Å². The molecule has 2 heteroatoms. The molecule has 78 valence electrons. The molecule has 0 saturated heterocycles. The van der Waals surface area contributed by atoms with Crippen LogP contribution in [0.2, 0.25) is 0 Å². The Balaban J connectivity index is 2.58. The lowest BCUT2D eigenvalue weighted by molar-refractivity contribution is 0.871. The summed E-state index contributed by atoms with van der Waals surface area (Å²) < 4.78 is 23.3. The first kappa shape index (κ1) is 6.83. The van der Waals surface area contributed by atoms with E-state index in [1.54, 1.807) is 6.20 Å². The molecule has 2 rings (SSSR count). The molecule has 2 nitrogen and oxygen atoms in total. The van der Waals surface area contributed by atoms with Crippen LogP contribution in [0.5, 0.6) is 0 Å². The van der Waals surface area contributed by atoms with Gasteiger partial charge in [0.15, 0.2) is 0 Å². The van der Waals surface area contributed by atoms with E-state index in [0.29, 0.717) is 5.69 Å². The van der Waals surface area contributed by atoms with Crippen molar-refractivity contribution in [2.45, 2.75) is 26.6 Å². The maximum atomic E-state index is 7.76. The van der Waals surface area contributed by atoms with Gasteiger partial charge in [0.25, 0.3) is 0 Å². The zero-order valence-corrected chi connectivity index (χ0v) is 8.91. The van der Waals surface area contributed by atoms with E-state index >= 15 is 0 Å².